The molecule has 20 heavy (non-hydrogen) atoms. The maximum Gasteiger partial charge on any atom is 0.233 e. The number of hydrogen-bond acceptors (Lipinski definition) is 5. The van der Waals surface area contributed by atoms with Gasteiger partial charge in [-0.25, -0.2) is 0 Å². The first-order valence-electron chi connectivity index (χ1n) is 6.78. The first-order chi connectivity index (χ1) is 9.47. The van der Waals surface area contributed by atoms with Gasteiger partial charge in [0.15, 0.2) is 5.16 Å². The molecule has 0 aliphatic rings. The van der Waals surface area contributed by atoms with Gasteiger partial charge in [-0.15, -0.1) is 10.2 Å². The van der Waals surface area contributed by atoms with Gasteiger partial charge in [-0.1, -0.05) is 11.8 Å². The lowest BCUT2D eigenvalue weighted by molar-refractivity contribution is -0.131. The highest BCUT2D eigenvalue weighted by atomic mass is 32.2. The fourth-order valence-corrected chi connectivity index (χ4v) is 2.88. The van der Waals surface area contributed by atoms with Gasteiger partial charge in [-0.05, 0) is 27.7 Å². The average Bonchev–Trinajstić information content (AvgIpc) is 2.80. The molecule has 1 amide bonds. The summed E-state index contributed by atoms with van der Waals surface area (Å²) in [6, 6.07) is 0.406. The van der Waals surface area contributed by atoms with Gasteiger partial charge in [0, 0.05) is 25.7 Å². The van der Waals surface area contributed by atoms with Crippen LogP contribution in [0.5, 0.6) is 0 Å². The molecule has 7 heteroatoms. The van der Waals surface area contributed by atoms with Crippen LogP contribution in [0.1, 0.15) is 27.7 Å². The lowest BCUT2D eigenvalue weighted by atomic mass is 10.2. The van der Waals surface area contributed by atoms with Crippen LogP contribution in [-0.4, -0.2) is 57.1 Å². The molecule has 0 aliphatic carbocycles. The fraction of sp³-hybridized carbons (Fsp3) is 0.769. The van der Waals surface area contributed by atoms with Gasteiger partial charge in [0.05, 0.1) is 12.4 Å². The number of thioether (sulfide) groups is 1. The van der Waals surface area contributed by atoms with Gasteiger partial charge in [0.25, 0.3) is 0 Å². The van der Waals surface area contributed by atoms with Crippen LogP contribution in [0, 0.1) is 0 Å². The van der Waals surface area contributed by atoms with Gasteiger partial charge in [-0.3, -0.25) is 4.79 Å². The molecule has 0 atom stereocenters. The predicted octanol–water partition coefficient (Wildman–Crippen LogP) is 1.66. The highest BCUT2D eigenvalue weighted by molar-refractivity contribution is 7.99. The monoisotopic (exact) mass is 300 g/mol. The standard InChI is InChI=1S/C13H24N4O2S/c1-10(2)17(11(3)4)12(18)8-20-13-15-14-9-16(13)6-7-19-5/h9-11H,6-8H2,1-5H3. The molecule has 1 heterocycles. The lowest BCUT2D eigenvalue weighted by Crippen LogP contribution is -2.43. The Labute approximate surface area is 124 Å². The minimum absolute atomic E-state index is 0.126. The summed E-state index contributed by atoms with van der Waals surface area (Å²) in [5.41, 5.74) is 0. The highest BCUT2D eigenvalue weighted by Gasteiger charge is 2.20. The van der Waals surface area contributed by atoms with Crippen molar-refractivity contribution in [3.8, 4) is 0 Å². The van der Waals surface area contributed by atoms with Crippen molar-refractivity contribution in [3.63, 3.8) is 0 Å². The number of nitrogens with zero attached hydrogens (tertiary/aromatic N) is 4. The van der Waals surface area contributed by atoms with Crippen LogP contribution in [0.15, 0.2) is 11.5 Å². The summed E-state index contributed by atoms with van der Waals surface area (Å²) in [5.74, 6) is 0.503. The molecule has 0 radical (unpaired) electrons. The van der Waals surface area contributed by atoms with Crippen LogP contribution in [0.25, 0.3) is 0 Å². The summed E-state index contributed by atoms with van der Waals surface area (Å²) < 4.78 is 6.94. The van der Waals surface area contributed by atoms with Crippen LogP contribution in [0.4, 0.5) is 0 Å². The van der Waals surface area contributed by atoms with E-state index in [2.05, 4.69) is 10.2 Å². The molecule has 6 nitrogen and oxygen atoms in total. The van der Waals surface area contributed by atoms with Gasteiger partial charge in [-0.2, -0.15) is 0 Å². The molecule has 1 aromatic rings. The molecule has 114 valence electrons. The van der Waals surface area contributed by atoms with Crippen LogP contribution < -0.4 is 0 Å². The number of methoxy groups -OCH3 is 1. The zero-order chi connectivity index (χ0) is 15.1. The third kappa shape index (κ3) is 4.79. The van der Waals surface area contributed by atoms with E-state index in [4.69, 9.17) is 4.74 Å². The molecule has 1 rings (SSSR count). The summed E-state index contributed by atoms with van der Waals surface area (Å²) in [7, 11) is 1.66. The molecular formula is C13H24N4O2S. The SMILES string of the molecule is COCCn1cnnc1SCC(=O)N(C(C)C)C(C)C. The molecule has 1 aromatic heterocycles. The third-order valence-corrected chi connectivity index (χ3v) is 3.81. The summed E-state index contributed by atoms with van der Waals surface area (Å²) in [6.45, 7) is 9.42. The molecule has 0 saturated carbocycles. The Morgan fingerprint density at radius 2 is 2.05 bits per heavy atom. The van der Waals surface area contributed by atoms with E-state index in [-0.39, 0.29) is 18.0 Å². The van der Waals surface area contributed by atoms with Crippen molar-refractivity contribution in [2.75, 3.05) is 19.5 Å². The number of amides is 1. The highest BCUT2D eigenvalue weighted by Crippen LogP contribution is 2.17. The minimum Gasteiger partial charge on any atom is -0.383 e. The van der Waals surface area contributed by atoms with E-state index in [1.54, 1.807) is 13.4 Å². The van der Waals surface area contributed by atoms with E-state index in [0.29, 0.717) is 18.9 Å². The van der Waals surface area contributed by atoms with E-state index in [0.717, 1.165) is 5.16 Å². The molecule has 0 aliphatic heterocycles. The van der Waals surface area contributed by atoms with E-state index < -0.39 is 0 Å². The van der Waals surface area contributed by atoms with Crippen molar-refractivity contribution in [1.82, 2.24) is 19.7 Å². The first kappa shape index (κ1) is 17.0. The number of ether oxygens (including phenoxy) is 1. The van der Waals surface area contributed by atoms with Gasteiger partial charge in [0.1, 0.15) is 6.33 Å². The number of aromatic nitrogens is 3. The van der Waals surface area contributed by atoms with Crippen LogP contribution in [0.2, 0.25) is 0 Å². The second-order valence-corrected chi connectivity index (χ2v) is 6.02. The van der Waals surface area contributed by atoms with Crippen LogP contribution in [0.3, 0.4) is 0 Å². The smallest absolute Gasteiger partial charge is 0.233 e. The van der Waals surface area contributed by atoms with Gasteiger partial charge >= 0.3 is 0 Å². The quantitative estimate of drug-likeness (QED) is 0.683. The Balaban J connectivity index is 2.58. The van der Waals surface area contributed by atoms with Crippen LogP contribution in [-0.2, 0) is 16.1 Å². The normalized spacial score (nSPS) is 11.3. The van der Waals surface area contributed by atoms with E-state index in [1.165, 1.54) is 11.8 Å². The largest absolute Gasteiger partial charge is 0.383 e. The van der Waals surface area contributed by atoms with Gasteiger partial charge in [0.2, 0.25) is 5.91 Å². The summed E-state index contributed by atoms with van der Waals surface area (Å²) in [6.07, 6.45) is 1.66. The van der Waals surface area contributed by atoms with Crippen molar-refractivity contribution < 1.29 is 9.53 Å². The number of carbonyl (C=O) groups excluding carboxylic acids is 1. The first-order valence-corrected chi connectivity index (χ1v) is 7.76. The summed E-state index contributed by atoms with van der Waals surface area (Å²) in [4.78, 5) is 14.2. The van der Waals surface area contributed by atoms with E-state index in [1.807, 2.05) is 37.2 Å². The van der Waals surface area contributed by atoms with Gasteiger partial charge < -0.3 is 14.2 Å². The topological polar surface area (TPSA) is 60.2 Å². The molecule has 0 spiro atoms. The van der Waals surface area contributed by atoms with E-state index in [9.17, 15) is 4.79 Å². The maximum atomic E-state index is 12.3. The van der Waals surface area contributed by atoms with E-state index >= 15 is 0 Å². The number of hydrogen-bond donors (Lipinski definition) is 0. The lowest BCUT2D eigenvalue weighted by Gasteiger charge is -2.30. The molecule has 0 saturated heterocycles. The summed E-state index contributed by atoms with van der Waals surface area (Å²) in [5, 5.41) is 8.67. The second-order valence-electron chi connectivity index (χ2n) is 5.08. The predicted molar refractivity (Wildman–Crippen MR) is 79.7 cm³/mol. The van der Waals surface area contributed by atoms with Crippen molar-refractivity contribution in [2.45, 2.75) is 51.5 Å². The fourth-order valence-electron chi connectivity index (χ4n) is 2.07. The number of rotatable bonds is 8. The Morgan fingerprint density at radius 3 is 2.60 bits per heavy atom. The molecule has 0 unspecified atom stereocenters. The maximum absolute atomic E-state index is 12.3. The average molecular weight is 300 g/mol. The van der Waals surface area contributed by atoms with Crippen LogP contribution >= 0.6 is 11.8 Å². The zero-order valence-electron chi connectivity index (χ0n) is 12.9. The van der Waals surface area contributed by atoms with Crippen molar-refractivity contribution in [2.24, 2.45) is 0 Å². The number of carbonyl (C=O) groups is 1. The molecule has 0 aromatic carbocycles. The third-order valence-electron chi connectivity index (χ3n) is 2.84. The second kappa shape index (κ2) is 8.26. The summed E-state index contributed by atoms with van der Waals surface area (Å²) >= 11 is 1.42. The molecule has 0 fully saturated rings. The molecular weight excluding hydrogens is 276 g/mol. The van der Waals surface area contributed by atoms with Crippen molar-refractivity contribution in [3.05, 3.63) is 6.33 Å². The Bertz CT molecular complexity index is 412. The Kier molecular flexibility index (Phi) is 7.01. The minimum atomic E-state index is 0.126. The van der Waals surface area contributed by atoms with Crippen molar-refractivity contribution >= 4 is 17.7 Å². The molecule has 0 N–H and O–H groups in total. The zero-order valence-corrected chi connectivity index (χ0v) is 13.7. The Hall–Kier alpha value is -1.08. The molecule has 0 bridgehead atoms. The Morgan fingerprint density at radius 1 is 1.40 bits per heavy atom. The van der Waals surface area contributed by atoms with Crippen molar-refractivity contribution in [1.29, 1.82) is 0 Å².